The maximum absolute atomic E-state index is 14.6. The minimum atomic E-state index is -0.822. The standard InChI is InChI=1S/C20H19F2N3/c1-14-6-4-5-7-17(14)15(2)20(3,11-25-13-23-12-24-25)18-9-8-16(21)10-19(18)22/h4-10,12-13H,2,11H2,1,3H3/t20-/m0/s1. The van der Waals surface area contributed by atoms with Crippen LogP contribution in [-0.4, -0.2) is 14.8 Å². The Morgan fingerprint density at radius 2 is 1.96 bits per heavy atom. The summed E-state index contributed by atoms with van der Waals surface area (Å²) in [7, 11) is 0. The van der Waals surface area contributed by atoms with Crippen molar-refractivity contribution in [2.45, 2.75) is 25.8 Å². The Bertz CT molecular complexity index is 903. The Morgan fingerprint density at radius 3 is 2.60 bits per heavy atom. The molecule has 0 aliphatic heterocycles. The Kier molecular flexibility index (Phi) is 4.49. The molecule has 1 aromatic heterocycles. The normalized spacial score (nSPS) is 13.4. The summed E-state index contributed by atoms with van der Waals surface area (Å²) >= 11 is 0. The summed E-state index contributed by atoms with van der Waals surface area (Å²) in [5.41, 5.74) is 2.27. The number of hydrogen-bond donors (Lipinski definition) is 0. The summed E-state index contributed by atoms with van der Waals surface area (Å²) in [6.07, 6.45) is 3.00. The van der Waals surface area contributed by atoms with Crippen LogP contribution in [0.2, 0.25) is 0 Å². The molecule has 0 bridgehead atoms. The molecule has 3 aromatic rings. The second-order valence-electron chi connectivity index (χ2n) is 6.34. The minimum absolute atomic E-state index is 0.336. The molecule has 3 nitrogen and oxygen atoms in total. The average Bonchev–Trinajstić information content (AvgIpc) is 3.07. The summed E-state index contributed by atoms with van der Waals surface area (Å²) in [6, 6.07) is 11.5. The summed E-state index contributed by atoms with van der Waals surface area (Å²) in [5, 5.41) is 4.14. The number of aryl methyl sites for hydroxylation is 1. The second kappa shape index (κ2) is 6.59. The van der Waals surface area contributed by atoms with E-state index in [0.29, 0.717) is 12.1 Å². The van der Waals surface area contributed by atoms with Crippen LogP contribution in [0.1, 0.15) is 23.6 Å². The van der Waals surface area contributed by atoms with Gasteiger partial charge in [0, 0.05) is 17.0 Å². The highest BCUT2D eigenvalue weighted by Crippen LogP contribution is 2.40. The van der Waals surface area contributed by atoms with Crippen LogP contribution in [0, 0.1) is 18.6 Å². The summed E-state index contributed by atoms with van der Waals surface area (Å²) in [6.45, 7) is 8.46. The molecule has 5 heteroatoms. The molecule has 0 amide bonds. The van der Waals surface area contributed by atoms with Gasteiger partial charge in [-0.25, -0.2) is 13.8 Å². The van der Waals surface area contributed by atoms with Gasteiger partial charge in [0.15, 0.2) is 0 Å². The molecular weight excluding hydrogens is 320 g/mol. The summed E-state index contributed by atoms with van der Waals surface area (Å²) in [4.78, 5) is 3.95. The van der Waals surface area contributed by atoms with Gasteiger partial charge in [0.25, 0.3) is 0 Å². The third-order valence-electron chi connectivity index (χ3n) is 4.61. The highest BCUT2D eigenvalue weighted by molar-refractivity contribution is 5.75. The van der Waals surface area contributed by atoms with Crippen molar-refractivity contribution in [3.8, 4) is 0 Å². The van der Waals surface area contributed by atoms with Crippen LogP contribution in [0.25, 0.3) is 5.57 Å². The number of halogens is 2. The fraction of sp³-hybridized carbons (Fsp3) is 0.200. The highest BCUT2D eigenvalue weighted by atomic mass is 19.1. The molecular formula is C20H19F2N3. The predicted octanol–water partition coefficient (Wildman–Crippen LogP) is 4.54. The molecule has 3 rings (SSSR count). The zero-order valence-electron chi connectivity index (χ0n) is 14.2. The van der Waals surface area contributed by atoms with Gasteiger partial charge in [0.2, 0.25) is 0 Å². The number of nitrogens with zero attached hydrogens (tertiary/aromatic N) is 3. The number of hydrogen-bond acceptors (Lipinski definition) is 2. The van der Waals surface area contributed by atoms with Gasteiger partial charge in [-0.15, -0.1) is 0 Å². The lowest BCUT2D eigenvalue weighted by molar-refractivity contribution is 0.440. The van der Waals surface area contributed by atoms with Crippen molar-refractivity contribution >= 4 is 5.57 Å². The Hall–Kier alpha value is -2.82. The Morgan fingerprint density at radius 1 is 1.20 bits per heavy atom. The molecule has 0 unspecified atom stereocenters. The average molecular weight is 339 g/mol. The molecule has 0 N–H and O–H groups in total. The van der Waals surface area contributed by atoms with E-state index in [9.17, 15) is 8.78 Å². The van der Waals surface area contributed by atoms with Crippen molar-refractivity contribution in [3.63, 3.8) is 0 Å². The topological polar surface area (TPSA) is 30.7 Å². The van der Waals surface area contributed by atoms with E-state index < -0.39 is 17.0 Å². The number of benzene rings is 2. The second-order valence-corrected chi connectivity index (χ2v) is 6.34. The molecule has 0 saturated carbocycles. The lowest BCUT2D eigenvalue weighted by Crippen LogP contribution is -2.31. The lowest BCUT2D eigenvalue weighted by atomic mass is 9.72. The van der Waals surface area contributed by atoms with Gasteiger partial charge in [0.1, 0.15) is 24.3 Å². The summed E-state index contributed by atoms with van der Waals surface area (Å²) in [5.74, 6) is -1.21. The van der Waals surface area contributed by atoms with E-state index in [1.165, 1.54) is 18.5 Å². The predicted molar refractivity (Wildman–Crippen MR) is 93.9 cm³/mol. The Balaban J connectivity index is 2.15. The van der Waals surface area contributed by atoms with Crippen molar-refractivity contribution in [1.29, 1.82) is 0 Å². The van der Waals surface area contributed by atoms with Crippen LogP contribution in [-0.2, 0) is 12.0 Å². The first kappa shape index (κ1) is 17.0. The SMILES string of the molecule is C=C(c1ccccc1C)[C@](C)(Cn1cncn1)c1ccc(F)cc1F. The van der Waals surface area contributed by atoms with E-state index in [0.717, 1.165) is 22.8 Å². The molecule has 128 valence electrons. The summed E-state index contributed by atoms with van der Waals surface area (Å²) < 4.78 is 29.7. The van der Waals surface area contributed by atoms with E-state index in [1.54, 1.807) is 11.0 Å². The van der Waals surface area contributed by atoms with Crippen LogP contribution in [0.4, 0.5) is 8.78 Å². The molecule has 0 saturated heterocycles. The zero-order valence-corrected chi connectivity index (χ0v) is 14.2. The molecule has 1 heterocycles. The van der Waals surface area contributed by atoms with E-state index >= 15 is 0 Å². The molecule has 0 spiro atoms. The zero-order chi connectivity index (χ0) is 18.0. The van der Waals surface area contributed by atoms with Gasteiger partial charge < -0.3 is 0 Å². The largest absolute Gasteiger partial charge is 0.252 e. The minimum Gasteiger partial charge on any atom is -0.252 e. The van der Waals surface area contributed by atoms with Gasteiger partial charge in [-0.3, -0.25) is 4.68 Å². The first-order chi connectivity index (χ1) is 11.9. The molecule has 1 atom stereocenters. The highest BCUT2D eigenvalue weighted by Gasteiger charge is 2.35. The molecule has 0 aliphatic carbocycles. The molecule has 2 aromatic carbocycles. The lowest BCUT2D eigenvalue weighted by Gasteiger charge is -2.33. The van der Waals surface area contributed by atoms with Gasteiger partial charge in [-0.2, -0.15) is 5.10 Å². The monoisotopic (exact) mass is 339 g/mol. The van der Waals surface area contributed by atoms with Crippen LogP contribution in [0.15, 0.2) is 61.7 Å². The quantitative estimate of drug-likeness (QED) is 0.683. The van der Waals surface area contributed by atoms with E-state index in [2.05, 4.69) is 16.7 Å². The van der Waals surface area contributed by atoms with Gasteiger partial charge >= 0.3 is 0 Å². The smallest absolute Gasteiger partial charge is 0.137 e. The van der Waals surface area contributed by atoms with E-state index in [4.69, 9.17) is 0 Å². The van der Waals surface area contributed by atoms with Gasteiger partial charge in [-0.05, 0) is 36.6 Å². The maximum atomic E-state index is 14.6. The van der Waals surface area contributed by atoms with Gasteiger partial charge in [0.05, 0.1) is 6.54 Å². The first-order valence-electron chi connectivity index (χ1n) is 7.95. The van der Waals surface area contributed by atoms with Crippen molar-refractivity contribution in [1.82, 2.24) is 14.8 Å². The van der Waals surface area contributed by atoms with Crippen LogP contribution >= 0.6 is 0 Å². The van der Waals surface area contributed by atoms with Crippen LogP contribution in [0.3, 0.4) is 0 Å². The molecule has 0 fully saturated rings. The molecule has 0 aliphatic rings. The Labute approximate surface area is 145 Å². The van der Waals surface area contributed by atoms with E-state index in [-0.39, 0.29) is 0 Å². The van der Waals surface area contributed by atoms with Crippen molar-refractivity contribution in [2.24, 2.45) is 0 Å². The number of rotatable bonds is 5. The van der Waals surface area contributed by atoms with Crippen LogP contribution < -0.4 is 0 Å². The molecule has 25 heavy (non-hydrogen) atoms. The fourth-order valence-electron chi connectivity index (χ4n) is 3.13. The number of allylic oxidation sites excluding steroid dienone is 1. The van der Waals surface area contributed by atoms with Crippen LogP contribution in [0.5, 0.6) is 0 Å². The van der Waals surface area contributed by atoms with Crippen molar-refractivity contribution < 1.29 is 8.78 Å². The van der Waals surface area contributed by atoms with Crippen molar-refractivity contribution in [3.05, 3.63) is 90.0 Å². The first-order valence-corrected chi connectivity index (χ1v) is 7.95. The molecule has 0 radical (unpaired) electrons. The third-order valence-corrected chi connectivity index (χ3v) is 4.61. The third kappa shape index (κ3) is 3.22. The maximum Gasteiger partial charge on any atom is 0.137 e. The van der Waals surface area contributed by atoms with E-state index in [1.807, 2.05) is 38.1 Å². The number of aromatic nitrogens is 3. The fourth-order valence-corrected chi connectivity index (χ4v) is 3.13. The van der Waals surface area contributed by atoms with Gasteiger partial charge in [-0.1, -0.05) is 36.9 Å². The van der Waals surface area contributed by atoms with Crippen molar-refractivity contribution in [2.75, 3.05) is 0 Å².